The maximum atomic E-state index is 13.5. The van der Waals surface area contributed by atoms with Gasteiger partial charge >= 0.3 is 0 Å². The van der Waals surface area contributed by atoms with Crippen LogP contribution in [0.1, 0.15) is 19.4 Å². The van der Waals surface area contributed by atoms with Crippen molar-refractivity contribution in [3.8, 4) is 5.75 Å². The molecule has 0 saturated heterocycles. The van der Waals surface area contributed by atoms with Gasteiger partial charge in [-0.3, -0.25) is 9.59 Å². The van der Waals surface area contributed by atoms with Gasteiger partial charge in [0.25, 0.3) is 11.8 Å². The lowest BCUT2D eigenvalue weighted by atomic mass is 10.0. The highest BCUT2D eigenvalue weighted by Gasteiger charge is 2.40. The van der Waals surface area contributed by atoms with Crippen LogP contribution in [0.4, 0.5) is 20.2 Å². The summed E-state index contributed by atoms with van der Waals surface area (Å²) in [7, 11) is 1.53. The second-order valence-electron chi connectivity index (χ2n) is 6.48. The van der Waals surface area contributed by atoms with Crippen LogP contribution in [0.25, 0.3) is 0 Å². The largest absolute Gasteiger partial charge is 0.497 e. The lowest BCUT2D eigenvalue weighted by Gasteiger charge is -2.16. The molecule has 1 N–H and O–H groups in total. The summed E-state index contributed by atoms with van der Waals surface area (Å²) < 4.78 is 32.1. The number of ether oxygens (including phenoxy) is 1. The minimum Gasteiger partial charge on any atom is -0.497 e. The first kappa shape index (κ1) is 19.5. The van der Waals surface area contributed by atoms with Crippen molar-refractivity contribution in [1.82, 2.24) is 0 Å². The molecule has 0 bridgehead atoms. The second-order valence-corrected chi connectivity index (χ2v) is 6.48. The van der Waals surface area contributed by atoms with E-state index in [4.69, 9.17) is 4.74 Å². The van der Waals surface area contributed by atoms with E-state index in [9.17, 15) is 18.4 Å². The molecule has 0 fully saturated rings. The minimum atomic E-state index is -3.04. The summed E-state index contributed by atoms with van der Waals surface area (Å²) in [6, 6.07) is 12.0. The van der Waals surface area contributed by atoms with Crippen molar-refractivity contribution < 1.29 is 23.1 Å². The van der Waals surface area contributed by atoms with Gasteiger partial charge in [0.1, 0.15) is 5.75 Å². The summed E-state index contributed by atoms with van der Waals surface area (Å²) in [5, 5.41) is 7.85. The number of alkyl halides is 2. The number of hydrogen-bond acceptors (Lipinski definition) is 4. The summed E-state index contributed by atoms with van der Waals surface area (Å²) in [6.07, 6.45) is 0. The Morgan fingerprint density at radius 3 is 2.50 bits per heavy atom. The molecule has 8 heteroatoms. The number of hydrogen-bond donors (Lipinski definition) is 1. The number of methoxy groups -OCH3 is 1. The topological polar surface area (TPSA) is 71.0 Å². The van der Waals surface area contributed by atoms with Crippen LogP contribution in [0.3, 0.4) is 0 Å². The average molecular weight is 387 g/mol. The quantitative estimate of drug-likeness (QED) is 0.794. The molecule has 0 saturated carbocycles. The highest BCUT2D eigenvalue weighted by Crippen LogP contribution is 2.30. The van der Waals surface area contributed by atoms with Gasteiger partial charge in [-0.05, 0) is 43.3 Å². The number of carbonyl (C=O) groups is 2. The monoisotopic (exact) mass is 387 g/mol. The minimum absolute atomic E-state index is 0.188. The van der Waals surface area contributed by atoms with Crippen LogP contribution in [0, 0.1) is 5.92 Å². The maximum Gasteiger partial charge on any atom is 0.270 e. The first-order valence-corrected chi connectivity index (χ1v) is 8.53. The fourth-order valence-electron chi connectivity index (χ4n) is 2.86. The van der Waals surface area contributed by atoms with Gasteiger partial charge in [0.15, 0.2) is 5.92 Å². The lowest BCUT2D eigenvalue weighted by Crippen LogP contribution is -2.36. The molecule has 1 aliphatic rings. The van der Waals surface area contributed by atoms with E-state index >= 15 is 0 Å². The Hall–Kier alpha value is -3.29. The van der Waals surface area contributed by atoms with Crippen molar-refractivity contribution in [2.75, 3.05) is 17.4 Å². The predicted molar refractivity (Wildman–Crippen MR) is 102 cm³/mol. The molecule has 1 unspecified atom stereocenters. The fourth-order valence-corrected chi connectivity index (χ4v) is 2.86. The molecular weight excluding hydrogens is 368 g/mol. The number of carbonyl (C=O) groups excluding carboxylic acids is 2. The van der Waals surface area contributed by atoms with Gasteiger partial charge in [-0.1, -0.05) is 12.1 Å². The molecule has 28 heavy (non-hydrogen) atoms. The standard InChI is InChI=1S/C20H19F2N3O3/c1-12-17(18(26)23-14-6-4-5-13(11-14)20(2,21)22)19(27)25(24-12)15-7-9-16(28-3)10-8-15/h4-11,17H,1-3H3,(H,23,26). The Balaban J connectivity index is 1.77. The molecular formula is C20H19F2N3O3. The number of nitrogens with zero attached hydrogens (tertiary/aromatic N) is 2. The van der Waals surface area contributed by atoms with Gasteiger partial charge in [-0.15, -0.1) is 0 Å². The van der Waals surface area contributed by atoms with Gasteiger partial charge in [0, 0.05) is 18.2 Å². The summed E-state index contributed by atoms with van der Waals surface area (Å²) in [6.45, 7) is 2.35. The molecule has 1 heterocycles. The van der Waals surface area contributed by atoms with Crippen molar-refractivity contribution >= 4 is 28.9 Å². The highest BCUT2D eigenvalue weighted by molar-refractivity contribution is 6.28. The molecule has 2 aromatic rings. The van der Waals surface area contributed by atoms with Crippen LogP contribution >= 0.6 is 0 Å². The number of hydrazone groups is 1. The number of nitrogens with one attached hydrogen (secondary N) is 1. The first-order valence-electron chi connectivity index (χ1n) is 8.53. The summed E-state index contributed by atoms with van der Waals surface area (Å²) in [5.74, 6) is -4.69. The molecule has 0 radical (unpaired) electrons. The molecule has 6 nitrogen and oxygen atoms in total. The Bertz CT molecular complexity index is 936. The van der Waals surface area contributed by atoms with Gasteiger partial charge < -0.3 is 10.1 Å². The van der Waals surface area contributed by atoms with Gasteiger partial charge in [0.2, 0.25) is 5.91 Å². The maximum absolute atomic E-state index is 13.5. The van der Waals surface area contributed by atoms with Gasteiger partial charge in [-0.2, -0.15) is 10.1 Å². The highest BCUT2D eigenvalue weighted by atomic mass is 19.3. The zero-order valence-electron chi connectivity index (χ0n) is 15.6. The molecule has 2 amide bonds. The third-order valence-corrected chi connectivity index (χ3v) is 4.35. The first-order chi connectivity index (χ1) is 13.2. The van der Waals surface area contributed by atoms with Crippen LogP contribution in [0.15, 0.2) is 53.6 Å². The van der Waals surface area contributed by atoms with E-state index in [1.54, 1.807) is 31.2 Å². The normalized spacial score (nSPS) is 16.8. The molecule has 0 aromatic heterocycles. The molecule has 3 rings (SSSR count). The Morgan fingerprint density at radius 2 is 1.89 bits per heavy atom. The zero-order valence-corrected chi connectivity index (χ0v) is 15.6. The molecule has 1 atom stereocenters. The third-order valence-electron chi connectivity index (χ3n) is 4.35. The molecule has 0 aliphatic carbocycles. The molecule has 1 aliphatic heterocycles. The van der Waals surface area contributed by atoms with Crippen LogP contribution in [0.5, 0.6) is 5.75 Å². The summed E-state index contributed by atoms with van der Waals surface area (Å²) in [5.41, 5.74) is 0.768. The van der Waals surface area contributed by atoms with Crippen LogP contribution in [0.2, 0.25) is 0 Å². The lowest BCUT2D eigenvalue weighted by molar-refractivity contribution is -0.127. The van der Waals surface area contributed by atoms with Crippen molar-refractivity contribution in [1.29, 1.82) is 0 Å². The Kier molecular flexibility index (Phi) is 5.13. The molecule has 0 spiro atoms. The van der Waals surface area contributed by atoms with Gasteiger partial charge in [-0.25, -0.2) is 8.78 Å². The summed E-state index contributed by atoms with van der Waals surface area (Å²) >= 11 is 0. The Morgan fingerprint density at radius 1 is 1.21 bits per heavy atom. The SMILES string of the molecule is COc1ccc(N2N=C(C)C(C(=O)Nc3cccc(C(C)(F)F)c3)C2=O)cc1. The van der Waals surface area contributed by atoms with E-state index < -0.39 is 23.7 Å². The molecule has 146 valence electrons. The third kappa shape index (κ3) is 3.85. The fraction of sp³-hybridized carbons (Fsp3) is 0.250. The van der Waals surface area contributed by atoms with E-state index in [1.807, 2.05) is 0 Å². The summed E-state index contributed by atoms with van der Waals surface area (Å²) in [4.78, 5) is 25.4. The predicted octanol–water partition coefficient (Wildman–Crippen LogP) is 3.78. The number of benzene rings is 2. The zero-order chi connectivity index (χ0) is 20.5. The van der Waals surface area contributed by atoms with Crippen molar-refractivity contribution in [2.45, 2.75) is 19.8 Å². The number of rotatable bonds is 5. The Labute approximate surface area is 160 Å². The number of halogens is 2. The van der Waals surface area contributed by atoms with Crippen molar-refractivity contribution in [2.24, 2.45) is 11.0 Å². The van der Waals surface area contributed by atoms with E-state index in [-0.39, 0.29) is 11.3 Å². The second kappa shape index (κ2) is 7.38. The van der Waals surface area contributed by atoms with Crippen LogP contribution in [-0.4, -0.2) is 24.6 Å². The van der Waals surface area contributed by atoms with E-state index in [0.717, 1.165) is 11.9 Å². The average Bonchev–Trinajstić information content (AvgIpc) is 2.95. The smallest absolute Gasteiger partial charge is 0.270 e. The molecule has 2 aromatic carbocycles. The number of amides is 2. The van der Waals surface area contributed by atoms with Crippen molar-refractivity contribution in [3.05, 3.63) is 54.1 Å². The van der Waals surface area contributed by atoms with Crippen molar-refractivity contribution in [3.63, 3.8) is 0 Å². The van der Waals surface area contributed by atoms with Crippen LogP contribution < -0.4 is 15.1 Å². The van der Waals surface area contributed by atoms with Gasteiger partial charge in [0.05, 0.1) is 18.5 Å². The van der Waals surface area contributed by atoms with Crippen LogP contribution in [-0.2, 0) is 15.5 Å². The van der Waals surface area contributed by atoms with E-state index in [1.165, 1.54) is 31.4 Å². The number of anilines is 2. The van der Waals surface area contributed by atoms with E-state index in [0.29, 0.717) is 17.1 Å². The van der Waals surface area contributed by atoms with E-state index in [2.05, 4.69) is 10.4 Å².